The molecule has 0 bridgehead atoms. The smallest absolute Gasteiger partial charge is 0.162 e. The first kappa shape index (κ1) is 13.4. The average Bonchev–Trinajstić information content (AvgIpc) is 2.77. The Morgan fingerprint density at radius 2 is 2.11 bits per heavy atom. The molecule has 2 rings (SSSR count). The fourth-order valence-electron chi connectivity index (χ4n) is 1.71. The van der Waals surface area contributed by atoms with E-state index < -0.39 is 11.6 Å². The third-order valence-electron chi connectivity index (χ3n) is 2.62. The van der Waals surface area contributed by atoms with E-state index in [9.17, 15) is 8.78 Å². The lowest BCUT2D eigenvalue weighted by Gasteiger charge is -2.15. The maximum Gasteiger partial charge on any atom is 0.162 e. The Morgan fingerprint density at radius 3 is 2.72 bits per heavy atom. The summed E-state index contributed by atoms with van der Waals surface area (Å²) >= 11 is 7.42. The maximum absolute atomic E-state index is 13.6. The van der Waals surface area contributed by atoms with Gasteiger partial charge in [-0.05, 0) is 29.5 Å². The van der Waals surface area contributed by atoms with Crippen LogP contribution in [0.15, 0.2) is 29.6 Å². The maximum atomic E-state index is 13.6. The van der Waals surface area contributed by atoms with Crippen molar-refractivity contribution in [3.8, 4) is 0 Å². The standard InChI is InChI=1S/C12H11ClF2N2S/c13-8-4-5-18-12(8)10(17-16)6-7-2-1-3-9(14)11(7)15/h1-5,10,17H,6,16H2. The Labute approximate surface area is 112 Å². The van der Waals surface area contributed by atoms with Crippen molar-refractivity contribution >= 4 is 22.9 Å². The molecular formula is C12H11ClF2N2S. The summed E-state index contributed by atoms with van der Waals surface area (Å²) in [6.07, 6.45) is 0.236. The molecule has 0 radical (unpaired) electrons. The van der Waals surface area contributed by atoms with Gasteiger partial charge in [0.05, 0.1) is 11.1 Å². The van der Waals surface area contributed by atoms with Crippen LogP contribution in [0.1, 0.15) is 16.5 Å². The molecule has 2 aromatic rings. The van der Waals surface area contributed by atoms with Crippen LogP contribution in [0, 0.1) is 11.6 Å². The number of nitrogens with two attached hydrogens (primary N) is 1. The van der Waals surface area contributed by atoms with Gasteiger partial charge in [0.15, 0.2) is 11.6 Å². The van der Waals surface area contributed by atoms with Crippen LogP contribution >= 0.6 is 22.9 Å². The highest BCUT2D eigenvalue weighted by atomic mass is 35.5. The molecule has 1 unspecified atom stereocenters. The Bertz CT molecular complexity index is 545. The first-order chi connectivity index (χ1) is 8.63. The van der Waals surface area contributed by atoms with E-state index in [0.717, 1.165) is 10.9 Å². The van der Waals surface area contributed by atoms with Crippen molar-refractivity contribution in [2.75, 3.05) is 0 Å². The summed E-state index contributed by atoms with van der Waals surface area (Å²) in [6.45, 7) is 0. The van der Waals surface area contributed by atoms with Crippen LogP contribution in [0.25, 0.3) is 0 Å². The Hall–Kier alpha value is -1.01. The normalized spacial score (nSPS) is 12.7. The molecule has 18 heavy (non-hydrogen) atoms. The fourth-order valence-corrected chi connectivity index (χ4v) is 2.96. The lowest BCUT2D eigenvalue weighted by molar-refractivity contribution is 0.483. The lowest BCUT2D eigenvalue weighted by Crippen LogP contribution is -2.29. The second-order valence-electron chi connectivity index (χ2n) is 3.77. The van der Waals surface area contributed by atoms with Crippen LogP contribution in [0.3, 0.4) is 0 Å². The predicted molar refractivity (Wildman–Crippen MR) is 69.5 cm³/mol. The number of hydrogen-bond acceptors (Lipinski definition) is 3. The molecule has 0 aliphatic carbocycles. The zero-order valence-corrected chi connectivity index (χ0v) is 10.9. The third kappa shape index (κ3) is 2.70. The van der Waals surface area contributed by atoms with E-state index in [1.807, 2.05) is 5.38 Å². The molecule has 6 heteroatoms. The van der Waals surface area contributed by atoms with Gasteiger partial charge in [-0.15, -0.1) is 11.3 Å². The van der Waals surface area contributed by atoms with E-state index in [4.69, 9.17) is 17.4 Å². The minimum absolute atomic E-state index is 0.236. The summed E-state index contributed by atoms with van der Waals surface area (Å²) in [5.74, 6) is 3.75. The van der Waals surface area contributed by atoms with Gasteiger partial charge < -0.3 is 0 Å². The summed E-state index contributed by atoms with van der Waals surface area (Å²) in [5, 5.41) is 2.39. The zero-order valence-electron chi connectivity index (χ0n) is 9.29. The second kappa shape index (κ2) is 5.75. The van der Waals surface area contributed by atoms with E-state index in [1.165, 1.54) is 23.5 Å². The minimum atomic E-state index is -0.861. The first-order valence-electron chi connectivity index (χ1n) is 5.25. The molecule has 0 saturated carbocycles. The van der Waals surface area contributed by atoms with Crippen molar-refractivity contribution in [2.24, 2.45) is 5.84 Å². The van der Waals surface area contributed by atoms with Crippen LogP contribution in [-0.2, 0) is 6.42 Å². The van der Waals surface area contributed by atoms with Gasteiger partial charge in [0.1, 0.15) is 0 Å². The van der Waals surface area contributed by atoms with Crippen molar-refractivity contribution in [1.29, 1.82) is 0 Å². The summed E-state index contributed by atoms with van der Waals surface area (Å²) in [5.41, 5.74) is 2.84. The molecule has 1 aromatic carbocycles. The van der Waals surface area contributed by atoms with Crippen LogP contribution in [0.5, 0.6) is 0 Å². The number of hydrogen-bond donors (Lipinski definition) is 2. The predicted octanol–water partition coefficient (Wildman–Crippen LogP) is 3.43. The van der Waals surface area contributed by atoms with E-state index >= 15 is 0 Å². The van der Waals surface area contributed by atoms with E-state index in [2.05, 4.69) is 5.43 Å². The molecule has 1 aromatic heterocycles. The molecule has 3 N–H and O–H groups in total. The zero-order chi connectivity index (χ0) is 13.1. The van der Waals surface area contributed by atoms with Crippen LogP contribution in [0.2, 0.25) is 5.02 Å². The van der Waals surface area contributed by atoms with Gasteiger partial charge in [-0.2, -0.15) is 0 Å². The summed E-state index contributed by atoms with van der Waals surface area (Å²) in [6, 6.07) is 5.49. The van der Waals surface area contributed by atoms with Crippen molar-refractivity contribution in [1.82, 2.24) is 5.43 Å². The highest BCUT2D eigenvalue weighted by Crippen LogP contribution is 2.31. The highest BCUT2D eigenvalue weighted by Gasteiger charge is 2.18. The van der Waals surface area contributed by atoms with E-state index in [0.29, 0.717) is 5.02 Å². The third-order valence-corrected chi connectivity index (χ3v) is 4.09. The van der Waals surface area contributed by atoms with Gasteiger partial charge in [-0.3, -0.25) is 11.3 Å². The summed E-state index contributed by atoms with van der Waals surface area (Å²) in [7, 11) is 0. The monoisotopic (exact) mass is 288 g/mol. The molecule has 96 valence electrons. The van der Waals surface area contributed by atoms with Gasteiger partial charge in [-0.1, -0.05) is 23.7 Å². The van der Waals surface area contributed by atoms with Gasteiger partial charge >= 0.3 is 0 Å². The molecule has 2 nitrogen and oxygen atoms in total. The molecule has 0 fully saturated rings. The molecule has 0 aliphatic rings. The minimum Gasteiger partial charge on any atom is -0.271 e. The number of hydrazine groups is 1. The average molecular weight is 289 g/mol. The van der Waals surface area contributed by atoms with Crippen LogP contribution < -0.4 is 11.3 Å². The van der Waals surface area contributed by atoms with Gasteiger partial charge in [-0.25, -0.2) is 8.78 Å². The van der Waals surface area contributed by atoms with Crippen LogP contribution in [-0.4, -0.2) is 0 Å². The van der Waals surface area contributed by atoms with Crippen molar-refractivity contribution in [3.63, 3.8) is 0 Å². The number of thiophene rings is 1. The Kier molecular flexibility index (Phi) is 4.29. The Balaban J connectivity index is 2.26. The second-order valence-corrected chi connectivity index (χ2v) is 5.12. The van der Waals surface area contributed by atoms with E-state index in [1.54, 1.807) is 6.07 Å². The van der Waals surface area contributed by atoms with Gasteiger partial charge in [0.2, 0.25) is 0 Å². The largest absolute Gasteiger partial charge is 0.271 e. The molecule has 1 atom stereocenters. The fraction of sp³-hybridized carbons (Fsp3) is 0.167. The van der Waals surface area contributed by atoms with Gasteiger partial charge in [0.25, 0.3) is 0 Å². The van der Waals surface area contributed by atoms with Crippen molar-refractivity contribution < 1.29 is 8.78 Å². The SMILES string of the molecule is NNC(Cc1cccc(F)c1F)c1sccc1Cl. The summed E-state index contributed by atoms with van der Waals surface area (Å²) < 4.78 is 26.7. The first-order valence-corrected chi connectivity index (χ1v) is 6.51. The van der Waals surface area contributed by atoms with Crippen molar-refractivity contribution in [2.45, 2.75) is 12.5 Å². The van der Waals surface area contributed by atoms with Gasteiger partial charge in [0, 0.05) is 4.88 Å². The number of rotatable bonds is 4. The molecule has 0 saturated heterocycles. The molecule has 0 amide bonds. The number of nitrogens with one attached hydrogen (secondary N) is 1. The van der Waals surface area contributed by atoms with Crippen LogP contribution in [0.4, 0.5) is 8.78 Å². The Morgan fingerprint density at radius 1 is 1.33 bits per heavy atom. The van der Waals surface area contributed by atoms with E-state index in [-0.39, 0.29) is 18.0 Å². The highest BCUT2D eigenvalue weighted by molar-refractivity contribution is 7.10. The molecular weight excluding hydrogens is 278 g/mol. The van der Waals surface area contributed by atoms with Crippen molar-refractivity contribution in [3.05, 3.63) is 56.7 Å². The topological polar surface area (TPSA) is 38.0 Å². The quantitative estimate of drug-likeness (QED) is 0.668. The molecule has 1 heterocycles. The number of benzene rings is 1. The molecule has 0 spiro atoms. The lowest BCUT2D eigenvalue weighted by atomic mass is 10.0. The molecule has 0 aliphatic heterocycles. The number of halogens is 3. The summed E-state index contributed by atoms with van der Waals surface area (Å²) in [4.78, 5) is 0.808.